The molecule has 202 valence electrons. The van der Waals surface area contributed by atoms with Crippen molar-refractivity contribution >= 4 is 11.6 Å². The number of pyridine rings is 1. The summed E-state index contributed by atoms with van der Waals surface area (Å²) in [5.41, 5.74) is -1.02. The number of halogens is 4. The number of carbonyl (C=O) groups excluding carboxylic acids is 1. The SMILES string of the molecule is COc1cc(F)c(-c2c(NC(=O)c3ccc(OC(F)F)cc3)c(=O)n(-c3ccc(C4CC4)cn3)n2C)c(F)c1. The Labute approximate surface area is 219 Å². The number of carbonyl (C=O) groups is 1. The number of ether oxygens (including phenoxy) is 2. The van der Waals surface area contributed by atoms with E-state index in [4.69, 9.17) is 4.74 Å². The molecule has 0 spiro atoms. The third-order valence-corrected chi connectivity index (χ3v) is 6.37. The van der Waals surface area contributed by atoms with E-state index >= 15 is 8.78 Å². The first-order valence-corrected chi connectivity index (χ1v) is 11.9. The smallest absolute Gasteiger partial charge is 0.387 e. The second-order valence-corrected chi connectivity index (χ2v) is 8.91. The number of nitrogens with one attached hydrogen (secondary N) is 1. The Kier molecular flexibility index (Phi) is 6.85. The highest BCUT2D eigenvalue weighted by molar-refractivity contribution is 6.06. The van der Waals surface area contributed by atoms with Crippen LogP contribution in [0.5, 0.6) is 11.5 Å². The first-order chi connectivity index (χ1) is 18.7. The van der Waals surface area contributed by atoms with Gasteiger partial charge in [0.05, 0.1) is 12.7 Å². The van der Waals surface area contributed by atoms with Crippen LogP contribution < -0.4 is 20.3 Å². The molecule has 2 aromatic heterocycles. The molecule has 0 saturated heterocycles. The van der Waals surface area contributed by atoms with Crippen molar-refractivity contribution in [1.29, 1.82) is 0 Å². The topological polar surface area (TPSA) is 87.4 Å². The zero-order valence-electron chi connectivity index (χ0n) is 20.8. The molecule has 1 amide bonds. The minimum absolute atomic E-state index is 0.0139. The monoisotopic (exact) mass is 542 g/mol. The lowest BCUT2D eigenvalue weighted by Crippen LogP contribution is -2.23. The van der Waals surface area contributed by atoms with Crippen molar-refractivity contribution in [3.63, 3.8) is 0 Å². The normalized spacial score (nSPS) is 13.0. The minimum atomic E-state index is -3.05. The maximum atomic E-state index is 15.2. The molecule has 1 aliphatic rings. The third-order valence-electron chi connectivity index (χ3n) is 6.37. The molecule has 4 aromatic rings. The summed E-state index contributed by atoms with van der Waals surface area (Å²) in [6.07, 6.45) is 3.75. The Morgan fingerprint density at radius 2 is 1.72 bits per heavy atom. The van der Waals surface area contributed by atoms with Gasteiger partial charge in [0.25, 0.3) is 11.5 Å². The van der Waals surface area contributed by atoms with Crippen LogP contribution in [0.25, 0.3) is 17.1 Å². The van der Waals surface area contributed by atoms with Crippen molar-refractivity contribution in [2.45, 2.75) is 25.4 Å². The predicted molar refractivity (Wildman–Crippen MR) is 134 cm³/mol. The molecular weight excluding hydrogens is 520 g/mol. The van der Waals surface area contributed by atoms with Crippen LogP contribution in [0.15, 0.2) is 59.5 Å². The van der Waals surface area contributed by atoms with Gasteiger partial charge in [-0.1, -0.05) is 6.07 Å². The van der Waals surface area contributed by atoms with Crippen LogP contribution in [-0.4, -0.2) is 34.0 Å². The first-order valence-electron chi connectivity index (χ1n) is 11.9. The van der Waals surface area contributed by atoms with Gasteiger partial charge in [0.1, 0.15) is 34.5 Å². The van der Waals surface area contributed by atoms with Crippen molar-refractivity contribution in [2.75, 3.05) is 12.4 Å². The summed E-state index contributed by atoms with van der Waals surface area (Å²) in [4.78, 5) is 31.0. The lowest BCUT2D eigenvalue weighted by Gasteiger charge is -2.13. The van der Waals surface area contributed by atoms with E-state index in [1.165, 1.54) is 31.0 Å². The molecule has 12 heteroatoms. The highest BCUT2D eigenvalue weighted by Gasteiger charge is 2.29. The Morgan fingerprint density at radius 3 is 2.26 bits per heavy atom. The Balaban J connectivity index is 1.61. The van der Waals surface area contributed by atoms with Gasteiger partial charge in [0.2, 0.25) is 0 Å². The molecule has 39 heavy (non-hydrogen) atoms. The summed E-state index contributed by atoms with van der Waals surface area (Å²) in [5, 5.41) is 2.43. The largest absolute Gasteiger partial charge is 0.497 e. The van der Waals surface area contributed by atoms with Crippen LogP contribution in [0.4, 0.5) is 23.2 Å². The number of nitrogens with zero attached hydrogens (tertiary/aromatic N) is 3. The van der Waals surface area contributed by atoms with Gasteiger partial charge in [-0.3, -0.25) is 14.3 Å². The van der Waals surface area contributed by atoms with Gasteiger partial charge in [0.15, 0.2) is 5.82 Å². The molecule has 2 heterocycles. The van der Waals surface area contributed by atoms with Crippen molar-refractivity contribution in [1.82, 2.24) is 14.3 Å². The number of hydrogen-bond acceptors (Lipinski definition) is 5. The molecular formula is C27H22F4N4O4. The number of hydrogen-bond donors (Lipinski definition) is 1. The second kappa shape index (κ2) is 10.3. The number of methoxy groups -OCH3 is 1. The number of benzene rings is 2. The van der Waals surface area contributed by atoms with Gasteiger partial charge in [0, 0.05) is 30.9 Å². The van der Waals surface area contributed by atoms with Crippen molar-refractivity contribution in [3.05, 3.63) is 87.8 Å². The van der Waals surface area contributed by atoms with Crippen LogP contribution in [0, 0.1) is 11.6 Å². The van der Waals surface area contributed by atoms with E-state index in [1.807, 2.05) is 6.07 Å². The average Bonchev–Trinajstić information content (AvgIpc) is 3.72. The van der Waals surface area contributed by atoms with Crippen molar-refractivity contribution < 1.29 is 31.8 Å². The van der Waals surface area contributed by atoms with Crippen molar-refractivity contribution in [2.24, 2.45) is 7.05 Å². The quantitative estimate of drug-likeness (QED) is 0.307. The van der Waals surface area contributed by atoms with Crippen LogP contribution in [0.1, 0.15) is 34.7 Å². The van der Waals surface area contributed by atoms with Gasteiger partial charge in [-0.25, -0.2) is 13.8 Å². The summed E-state index contributed by atoms with van der Waals surface area (Å²) < 4.78 is 66.8. The fraction of sp³-hybridized carbons (Fsp3) is 0.222. The molecule has 0 atom stereocenters. The van der Waals surface area contributed by atoms with Crippen molar-refractivity contribution in [3.8, 4) is 28.6 Å². The zero-order chi connectivity index (χ0) is 27.8. The van der Waals surface area contributed by atoms with Gasteiger partial charge >= 0.3 is 6.61 Å². The number of amides is 1. The van der Waals surface area contributed by atoms with E-state index in [-0.39, 0.29) is 28.6 Å². The zero-order valence-corrected chi connectivity index (χ0v) is 20.8. The van der Waals surface area contributed by atoms with E-state index in [2.05, 4.69) is 15.0 Å². The number of aromatic nitrogens is 3. The Hall–Kier alpha value is -4.61. The van der Waals surface area contributed by atoms with Crippen LogP contribution in [-0.2, 0) is 7.05 Å². The van der Waals surface area contributed by atoms with E-state index in [0.717, 1.165) is 47.4 Å². The van der Waals surface area contributed by atoms with Gasteiger partial charge in [-0.2, -0.15) is 13.5 Å². The van der Waals surface area contributed by atoms with Gasteiger partial charge in [-0.05, 0) is 54.7 Å². The van der Waals surface area contributed by atoms with Crippen LogP contribution in [0.3, 0.4) is 0 Å². The molecule has 1 saturated carbocycles. The lowest BCUT2D eigenvalue weighted by molar-refractivity contribution is -0.0498. The van der Waals surface area contributed by atoms with E-state index < -0.39 is 41.0 Å². The standard InChI is InChI=1S/C27H22F4N4O4/c1-34-24(22-19(28)11-18(38-2)12-20(22)29)23(33-25(36)15-5-8-17(9-6-15)39-27(30)31)26(37)35(34)21-10-7-16(13-32-21)14-3-4-14/h5-14,27H,3-4H2,1-2H3,(H,33,36). The highest BCUT2D eigenvalue weighted by atomic mass is 19.3. The summed E-state index contributed by atoms with van der Waals surface area (Å²) in [5.74, 6) is -2.53. The third kappa shape index (κ3) is 5.09. The molecule has 0 radical (unpaired) electrons. The van der Waals surface area contributed by atoms with Gasteiger partial charge < -0.3 is 14.8 Å². The number of anilines is 1. The summed E-state index contributed by atoms with van der Waals surface area (Å²) >= 11 is 0. The molecule has 5 rings (SSSR count). The fourth-order valence-electron chi connectivity index (χ4n) is 4.31. The average molecular weight is 542 g/mol. The molecule has 1 N–H and O–H groups in total. The van der Waals surface area contributed by atoms with Crippen LogP contribution >= 0.6 is 0 Å². The summed E-state index contributed by atoms with van der Waals surface area (Å²) in [6, 6.07) is 10.1. The molecule has 1 aliphatic carbocycles. The highest BCUT2D eigenvalue weighted by Crippen LogP contribution is 2.40. The lowest BCUT2D eigenvalue weighted by atomic mass is 10.1. The maximum Gasteiger partial charge on any atom is 0.387 e. The Morgan fingerprint density at radius 1 is 1.05 bits per heavy atom. The summed E-state index contributed by atoms with van der Waals surface area (Å²) in [6.45, 7) is -3.05. The second-order valence-electron chi connectivity index (χ2n) is 8.91. The molecule has 0 aliphatic heterocycles. The number of rotatable bonds is 8. The molecule has 1 fully saturated rings. The minimum Gasteiger partial charge on any atom is -0.497 e. The Bertz CT molecular complexity index is 1570. The van der Waals surface area contributed by atoms with E-state index in [9.17, 15) is 18.4 Å². The predicted octanol–water partition coefficient (Wildman–Crippen LogP) is 5.26. The van der Waals surface area contributed by atoms with E-state index in [1.54, 1.807) is 12.3 Å². The maximum absolute atomic E-state index is 15.2. The molecule has 0 bridgehead atoms. The van der Waals surface area contributed by atoms with Gasteiger partial charge in [-0.15, -0.1) is 0 Å². The first kappa shape index (κ1) is 26.0. The van der Waals surface area contributed by atoms with Crippen LogP contribution in [0.2, 0.25) is 0 Å². The fourth-order valence-corrected chi connectivity index (χ4v) is 4.31. The summed E-state index contributed by atoms with van der Waals surface area (Å²) in [7, 11) is 2.66. The van der Waals surface area contributed by atoms with E-state index in [0.29, 0.717) is 5.92 Å². The number of alkyl halides is 2. The molecule has 2 aromatic carbocycles. The molecule has 0 unspecified atom stereocenters. The molecule has 8 nitrogen and oxygen atoms in total.